The van der Waals surface area contributed by atoms with Crippen LogP contribution in [-0.2, 0) is 11.2 Å². The van der Waals surface area contributed by atoms with Gasteiger partial charge in [-0.25, -0.2) is 0 Å². The molecule has 0 fully saturated rings. The molecule has 33 heavy (non-hydrogen) atoms. The van der Waals surface area contributed by atoms with Crippen molar-refractivity contribution in [3.8, 4) is 11.5 Å². The summed E-state index contributed by atoms with van der Waals surface area (Å²) < 4.78 is 11.2. The molecule has 0 bridgehead atoms. The van der Waals surface area contributed by atoms with E-state index >= 15 is 0 Å². The predicted octanol–water partition coefficient (Wildman–Crippen LogP) is 4.00. The van der Waals surface area contributed by atoms with Gasteiger partial charge in [-0.2, -0.15) is 0 Å². The van der Waals surface area contributed by atoms with E-state index in [9.17, 15) is 14.4 Å². The number of carbonyl (C=O) groups excluding carboxylic acids is 3. The SMILES string of the molecule is CCOc1ccc(CCNC(=O)CCCCCN2C(=O)c3ccccc3C2=O)cc1OCC. The molecular formula is C26H32N2O5. The average Bonchev–Trinajstić information content (AvgIpc) is 3.06. The number of fused-ring (bicyclic) bond motifs is 1. The quantitative estimate of drug-likeness (QED) is 0.367. The van der Waals surface area contributed by atoms with Crippen LogP contribution in [0.1, 0.15) is 65.8 Å². The fourth-order valence-electron chi connectivity index (χ4n) is 3.86. The summed E-state index contributed by atoms with van der Waals surface area (Å²) in [6.45, 7) is 5.94. The summed E-state index contributed by atoms with van der Waals surface area (Å²) in [7, 11) is 0. The second kappa shape index (κ2) is 12.0. The van der Waals surface area contributed by atoms with Gasteiger partial charge in [0.05, 0.1) is 24.3 Å². The number of nitrogens with zero attached hydrogens (tertiary/aromatic N) is 1. The van der Waals surface area contributed by atoms with Crippen molar-refractivity contribution in [2.45, 2.75) is 46.0 Å². The molecule has 1 aliphatic rings. The molecule has 0 saturated heterocycles. The second-order valence-electron chi connectivity index (χ2n) is 7.87. The fraction of sp³-hybridized carbons (Fsp3) is 0.423. The van der Waals surface area contributed by atoms with Crippen LogP contribution in [0.5, 0.6) is 11.5 Å². The minimum Gasteiger partial charge on any atom is -0.490 e. The maximum absolute atomic E-state index is 12.3. The van der Waals surface area contributed by atoms with Gasteiger partial charge in [0.2, 0.25) is 5.91 Å². The van der Waals surface area contributed by atoms with Gasteiger partial charge in [-0.05, 0) is 62.9 Å². The molecule has 7 heteroatoms. The Bertz CT molecular complexity index is 953. The lowest BCUT2D eigenvalue weighted by molar-refractivity contribution is -0.121. The lowest BCUT2D eigenvalue weighted by atomic mass is 10.1. The van der Waals surface area contributed by atoms with Crippen molar-refractivity contribution >= 4 is 17.7 Å². The second-order valence-corrected chi connectivity index (χ2v) is 7.87. The normalized spacial score (nSPS) is 12.6. The minimum absolute atomic E-state index is 0.00620. The van der Waals surface area contributed by atoms with Crippen molar-refractivity contribution in [1.82, 2.24) is 10.2 Å². The third-order valence-electron chi connectivity index (χ3n) is 5.51. The van der Waals surface area contributed by atoms with Crippen LogP contribution in [0.4, 0.5) is 0 Å². The highest BCUT2D eigenvalue weighted by atomic mass is 16.5. The van der Waals surface area contributed by atoms with Gasteiger partial charge >= 0.3 is 0 Å². The number of ether oxygens (including phenoxy) is 2. The molecule has 3 amide bonds. The smallest absolute Gasteiger partial charge is 0.261 e. The Morgan fingerprint density at radius 3 is 2.21 bits per heavy atom. The van der Waals surface area contributed by atoms with Crippen LogP contribution in [0.2, 0.25) is 0 Å². The van der Waals surface area contributed by atoms with Crippen LogP contribution in [0, 0.1) is 0 Å². The van der Waals surface area contributed by atoms with Crippen LogP contribution in [0.15, 0.2) is 42.5 Å². The van der Waals surface area contributed by atoms with E-state index in [1.807, 2.05) is 32.0 Å². The Kier molecular flexibility index (Phi) is 8.87. The van der Waals surface area contributed by atoms with E-state index in [2.05, 4.69) is 5.32 Å². The Balaban J connectivity index is 1.33. The number of hydrogen-bond donors (Lipinski definition) is 1. The maximum Gasteiger partial charge on any atom is 0.261 e. The lowest BCUT2D eigenvalue weighted by Crippen LogP contribution is -2.30. The number of benzene rings is 2. The largest absolute Gasteiger partial charge is 0.490 e. The van der Waals surface area contributed by atoms with Gasteiger partial charge in [-0.3, -0.25) is 19.3 Å². The van der Waals surface area contributed by atoms with Crippen molar-refractivity contribution in [3.63, 3.8) is 0 Å². The summed E-state index contributed by atoms with van der Waals surface area (Å²) in [5, 5.41) is 2.95. The molecule has 0 radical (unpaired) electrons. The molecule has 0 spiro atoms. The summed E-state index contributed by atoms with van der Waals surface area (Å²) >= 11 is 0. The van der Waals surface area contributed by atoms with Gasteiger partial charge < -0.3 is 14.8 Å². The van der Waals surface area contributed by atoms with Crippen molar-refractivity contribution in [2.75, 3.05) is 26.3 Å². The number of carbonyl (C=O) groups is 3. The van der Waals surface area contributed by atoms with E-state index in [-0.39, 0.29) is 17.7 Å². The Labute approximate surface area is 195 Å². The van der Waals surface area contributed by atoms with E-state index in [0.29, 0.717) is 63.1 Å². The molecule has 0 aliphatic carbocycles. The lowest BCUT2D eigenvalue weighted by Gasteiger charge is -2.13. The standard InChI is InChI=1S/C26H32N2O5/c1-3-32-22-14-13-19(18-23(22)33-4-2)15-16-27-24(29)12-6-5-9-17-28-25(30)20-10-7-8-11-21(20)26(28)31/h7-8,10-11,13-14,18H,3-6,9,12,15-17H2,1-2H3,(H,27,29). The van der Waals surface area contributed by atoms with Gasteiger partial charge in [0, 0.05) is 19.5 Å². The Hall–Kier alpha value is -3.35. The van der Waals surface area contributed by atoms with E-state index in [1.165, 1.54) is 4.90 Å². The molecule has 7 nitrogen and oxygen atoms in total. The minimum atomic E-state index is -0.227. The predicted molar refractivity (Wildman–Crippen MR) is 126 cm³/mol. The van der Waals surface area contributed by atoms with Crippen LogP contribution in [0.25, 0.3) is 0 Å². The van der Waals surface area contributed by atoms with Crippen LogP contribution >= 0.6 is 0 Å². The first-order chi connectivity index (χ1) is 16.0. The number of nitrogens with one attached hydrogen (secondary N) is 1. The molecule has 2 aromatic rings. The van der Waals surface area contributed by atoms with E-state index in [0.717, 1.165) is 23.5 Å². The monoisotopic (exact) mass is 452 g/mol. The first kappa shape index (κ1) is 24.3. The molecule has 0 atom stereocenters. The summed E-state index contributed by atoms with van der Waals surface area (Å²) in [5.74, 6) is 1.01. The van der Waals surface area contributed by atoms with Gasteiger partial charge in [0.1, 0.15) is 0 Å². The highest BCUT2D eigenvalue weighted by Crippen LogP contribution is 2.28. The summed E-state index contributed by atoms with van der Waals surface area (Å²) in [5.41, 5.74) is 2.02. The zero-order valence-electron chi connectivity index (χ0n) is 19.4. The first-order valence-electron chi connectivity index (χ1n) is 11.7. The van der Waals surface area contributed by atoms with Crippen molar-refractivity contribution in [1.29, 1.82) is 0 Å². The number of hydrogen-bond acceptors (Lipinski definition) is 5. The zero-order chi connectivity index (χ0) is 23.6. The van der Waals surface area contributed by atoms with Crippen LogP contribution in [0.3, 0.4) is 0 Å². The van der Waals surface area contributed by atoms with Gasteiger partial charge in [0.25, 0.3) is 11.8 Å². The van der Waals surface area contributed by atoms with Gasteiger partial charge in [-0.15, -0.1) is 0 Å². The molecule has 0 unspecified atom stereocenters. The van der Waals surface area contributed by atoms with Crippen molar-refractivity contribution in [3.05, 3.63) is 59.2 Å². The number of rotatable bonds is 13. The highest BCUT2D eigenvalue weighted by molar-refractivity contribution is 6.21. The van der Waals surface area contributed by atoms with E-state index in [4.69, 9.17) is 9.47 Å². The van der Waals surface area contributed by atoms with Crippen LogP contribution in [-0.4, -0.2) is 48.9 Å². The number of unbranched alkanes of at least 4 members (excludes halogenated alkanes) is 2. The van der Waals surface area contributed by atoms with Crippen molar-refractivity contribution < 1.29 is 23.9 Å². The average molecular weight is 453 g/mol. The van der Waals surface area contributed by atoms with E-state index in [1.54, 1.807) is 24.3 Å². The highest BCUT2D eigenvalue weighted by Gasteiger charge is 2.34. The van der Waals surface area contributed by atoms with Gasteiger partial charge in [0.15, 0.2) is 11.5 Å². The summed E-state index contributed by atoms with van der Waals surface area (Å²) in [4.78, 5) is 38.1. The molecule has 176 valence electrons. The summed E-state index contributed by atoms with van der Waals surface area (Å²) in [6.07, 6.45) is 3.31. The molecule has 3 rings (SSSR count). The number of imide groups is 1. The number of amides is 3. The van der Waals surface area contributed by atoms with Gasteiger partial charge in [-0.1, -0.05) is 24.6 Å². The Morgan fingerprint density at radius 2 is 1.55 bits per heavy atom. The molecule has 0 aromatic heterocycles. The third kappa shape index (κ3) is 6.34. The summed E-state index contributed by atoms with van der Waals surface area (Å²) in [6, 6.07) is 12.7. The maximum atomic E-state index is 12.3. The molecule has 1 aliphatic heterocycles. The van der Waals surface area contributed by atoms with Crippen molar-refractivity contribution in [2.24, 2.45) is 0 Å². The molecular weight excluding hydrogens is 420 g/mol. The Morgan fingerprint density at radius 1 is 0.879 bits per heavy atom. The zero-order valence-corrected chi connectivity index (χ0v) is 19.4. The molecule has 1 heterocycles. The molecule has 0 saturated carbocycles. The van der Waals surface area contributed by atoms with Crippen LogP contribution < -0.4 is 14.8 Å². The third-order valence-corrected chi connectivity index (χ3v) is 5.51. The first-order valence-corrected chi connectivity index (χ1v) is 11.7. The topological polar surface area (TPSA) is 84.9 Å². The molecule has 2 aromatic carbocycles. The van der Waals surface area contributed by atoms with E-state index < -0.39 is 0 Å². The fourth-order valence-corrected chi connectivity index (χ4v) is 3.86. The molecule has 1 N–H and O–H groups in total.